The number of aryl methyl sites for hydroxylation is 2. The molecule has 1 N–H and O–H groups in total. The van der Waals surface area contributed by atoms with Gasteiger partial charge in [-0.05, 0) is 12.1 Å². The summed E-state index contributed by atoms with van der Waals surface area (Å²) in [5, 5.41) is 10.7. The van der Waals surface area contributed by atoms with Crippen LogP contribution in [0.1, 0.15) is 17.9 Å². The standard InChI is InChI=1S/C15H18N6O/c1-20-11-17-19-14(20)5-6-15(22)16-8-7-12-10-21-9-3-2-4-13(21)18-12/h2-4,9-11H,5-8H2,1H3,(H,16,22). The van der Waals surface area contributed by atoms with Gasteiger partial charge in [-0.2, -0.15) is 0 Å². The number of nitrogens with one attached hydrogen (secondary N) is 1. The highest BCUT2D eigenvalue weighted by Gasteiger charge is 2.06. The van der Waals surface area contributed by atoms with Gasteiger partial charge in [0.25, 0.3) is 0 Å². The van der Waals surface area contributed by atoms with Crippen LogP contribution in [0.4, 0.5) is 0 Å². The van der Waals surface area contributed by atoms with Gasteiger partial charge in [0.1, 0.15) is 17.8 Å². The number of hydrogen-bond donors (Lipinski definition) is 1. The van der Waals surface area contributed by atoms with Crippen molar-refractivity contribution in [2.75, 3.05) is 6.54 Å². The fourth-order valence-electron chi connectivity index (χ4n) is 2.28. The molecule has 0 aromatic carbocycles. The highest BCUT2D eigenvalue weighted by molar-refractivity contribution is 5.76. The van der Waals surface area contributed by atoms with E-state index in [9.17, 15) is 4.79 Å². The smallest absolute Gasteiger partial charge is 0.220 e. The molecule has 22 heavy (non-hydrogen) atoms. The largest absolute Gasteiger partial charge is 0.356 e. The molecule has 0 aliphatic heterocycles. The lowest BCUT2D eigenvalue weighted by Crippen LogP contribution is -2.26. The Balaban J connectivity index is 1.44. The van der Waals surface area contributed by atoms with Crippen LogP contribution in [-0.2, 0) is 24.7 Å². The highest BCUT2D eigenvalue weighted by Crippen LogP contribution is 2.04. The molecule has 0 aliphatic rings. The molecule has 0 radical (unpaired) electrons. The van der Waals surface area contributed by atoms with Crippen LogP contribution in [0.2, 0.25) is 0 Å². The molecule has 3 aromatic heterocycles. The third-order valence-corrected chi connectivity index (χ3v) is 3.50. The zero-order valence-electron chi connectivity index (χ0n) is 12.4. The molecule has 3 heterocycles. The maximum Gasteiger partial charge on any atom is 0.220 e. The molecular formula is C15H18N6O. The third-order valence-electron chi connectivity index (χ3n) is 3.50. The lowest BCUT2D eigenvalue weighted by atomic mass is 10.2. The lowest BCUT2D eigenvalue weighted by Gasteiger charge is -2.03. The van der Waals surface area contributed by atoms with Crippen LogP contribution in [-0.4, -0.2) is 36.6 Å². The number of rotatable bonds is 6. The molecule has 0 spiro atoms. The van der Waals surface area contributed by atoms with E-state index in [1.54, 1.807) is 6.33 Å². The van der Waals surface area contributed by atoms with Crippen LogP contribution in [0.5, 0.6) is 0 Å². The topological polar surface area (TPSA) is 77.1 Å². The third kappa shape index (κ3) is 3.30. The molecular weight excluding hydrogens is 280 g/mol. The second-order valence-electron chi connectivity index (χ2n) is 5.16. The summed E-state index contributed by atoms with van der Waals surface area (Å²) in [6, 6.07) is 5.88. The first kappa shape index (κ1) is 14.2. The molecule has 0 atom stereocenters. The SMILES string of the molecule is Cn1cnnc1CCC(=O)NCCc1cn2ccccc2n1. The van der Waals surface area contributed by atoms with E-state index in [0.717, 1.165) is 23.6 Å². The highest BCUT2D eigenvalue weighted by atomic mass is 16.1. The number of fused-ring (bicyclic) bond motifs is 1. The van der Waals surface area contributed by atoms with Crippen molar-refractivity contribution in [3.05, 3.63) is 48.4 Å². The number of carbonyl (C=O) groups is 1. The zero-order chi connectivity index (χ0) is 15.4. The fraction of sp³-hybridized carbons (Fsp3) is 0.333. The van der Waals surface area contributed by atoms with E-state index >= 15 is 0 Å². The lowest BCUT2D eigenvalue weighted by molar-refractivity contribution is -0.121. The van der Waals surface area contributed by atoms with Gasteiger partial charge in [0, 0.05) is 45.2 Å². The van der Waals surface area contributed by atoms with Gasteiger partial charge < -0.3 is 14.3 Å². The van der Waals surface area contributed by atoms with Crippen molar-refractivity contribution in [1.82, 2.24) is 29.5 Å². The minimum absolute atomic E-state index is 0.0202. The Labute approximate surface area is 128 Å². The van der Waals surface area contributed by atoms with Crippen molar-refractivity contribution >= 4 is 11.6 Å². The number of pyridine rings is 1. The van der Waals surface area contributed by atoms with E-state index in [4.69, 9.17) is 0 Å². The minimum atomic E-state index is 0.0202. The van der Waals surface area contributed by atoms with Crippen LogP contribution < -0.4 is 5.32 Å². The van der Waals surface area contributed by atoms with Crippen molar-refractivity contribution in [2.24, 2.45) is 7.05 Å². The summed E-state index contributed by atoms with van der Waals surface area (Å²) in [5.41, 5.74) is 1.89. The van der Waals surface area contributed by atoms with Gasteiger partial charge in [-0.3, -0.25) is 4.79 Å². The van der Waals surface area contributed by atoms with Crippen molar-refractivity contribution in [2.45, 2.75) is 19.3 Å². The second-order valence-corrected chi connectivity index (χ2v) is 5.16. The Kier molecular flexibility index (Phi) is 4.13. The van der Waals surface area contributed by atoms with Crippen LogP contribution in [0, 0.1) is 0 Å². The van der Waals surface area contributed by atoms with Crippen LogP contribution in [0.15, 0.2) is 36.9 Å². The monoisotopic (exact) mass is 298 g/mol. The Bertz CT molecular complexity index is 742. The zero-order valence-corrected chi connectivity index (χ0v) is 12.4. The Hall–Kier alpha value is -2.70. The van der Waals surface area contributed by atoms with Crippen molar-refractivity contribution in [1.29, 1.82) is 0 Å². The minimum Gasteiger partial charge on any atom is -0.356 e. The normalized spacial score (nSPS) is 11.0. The molecule has 0 fully saturated rings. The molecule has 0 saturated heterocycles. The van der Waals surface area contributed by atoms with Crippen molar-refractivity contribution in [3.8, 4) is 0 Å². The maximum absolute atomic E-state index is 11.8. The van der Waals surface area contributed by atoms with Gasteiger partial charge in [-0.15, -0.1) is 10.2 Å². The predicted molar refractivity (Wildman–Crippen MR) is 81.2 cm³/mol. The molecule has 1 amide bonds. The van der Waals surface area contributed by atoms with E-state index in [2.05, 4.69) is 20.5 Å². The first-order valence-electron chi connectivity index (χ1n) is 7.24. The van der Waals surface area contributed by atoms with Gasteiger partial charge in [0.05, 0.1) is 5.69 Å². The summed E-state index contributed by atoms with van der Waals surface area (Å²) in [4.78, 5) is 16.3. The second kappa shape index (κ2) is 6.38. The van der Waals surface area contributed by atoms with E-state index in [1.807, 2.05) is 46.6 Å². The summed E-state index contributed by atoms with van der Waals surface area (Å²) in [7, 11) is 1.87. The average Bonchev–Trinajstić information content (AvgIpc) is 3.10. The molecule has 3 rings (SSSR count). The molecule has 0 bridgehead atoms. The van der Waals surface area contributed by atoms with E-state index in [0.29, 0.717) is 19.4 Å². The number of carbonyl (C=O) groups excluding carboxylic acids is 1. The molecule has 7 heteroatoms. The van der Waals surface area contributed by atoms with Gasteiger partial charge in [-0.1, -0.05) is 6.07 Å². The average molecular weight is 298 g/mol. The Morgan fingerprint density at radius 3 is 3.00 bits per heavy atom. The summed E-state index contributed by atoms with van der Waals surface area (Å²) in [6.07, 6.45) is 7.31. The molecule has 7 nitrogen and oxygen atoms in total. The van der Waals surface area contributed by atoms with E-state index in [-0.39, 0.29) is 5.91 Å². The van der Waals surface area contributed by atoms with E-state index in [1.165, 1.54) is 0 Å². The van der Waals surface area contributed by atoms with E-state index < -0.39 is 0 Å². The number of amides is 1. The van der Waals surface area contributed by atoms with Crippen LogP contribution in [0.25, 0.3) is 5.65 Å². The summed E-state index contributed by atoms with van der Waals surface area (Å²) < 4.78 is 3.80. The molecule has 0 saturated carbocycles. The molecule has 114 valence electrons. The first-order valence-corrected chi connectivity index (χ1v) is 7.24. The summed E-state index contributed by atoms with van der Waals surface area (Å²) >= 11 is 0. The molecule has 0 aliphatic carbocycles. The Morgan fingerprint density at radius 1 is 1.32 bits per heavy atom. The first-order chi connectivity index (χ1) is 10.7. The van der Waals surface area contributed by atoms with Gasteiger partial charge in [0.15, 0.2) is 0 Å². The molecule has 3 aromatic rings. The quantitative estimate of drug-likeness (QED) is 0.728. The summed E-state index contributed by atoms with van der Waals surface area (Å²) in [6.45, 7) is 0.585. The fourth-order valence-corrected chi connectivity index (χ4v) is 2.28. The van der Waals surface area contributed by atoms with Gasteiger partial charge in [-0.25, -0.2) is 4.98 Å². The summed E-state index contributed by atoms with van der Waals surface area (Å²) in [5.74, 6) is 0.835. The van der Waals surface area contributed by atoms with Crippen molar-refractivity contribution < 1.29 is 4.79 Å². The Morgan fingerprint density at radius 2 is 2.23 bits per heavy atom. The van der Waals surface area contributed by atoms with Crippen LogP contribution >= 0.6 is 0 Å². The van der Waals surface area contributed by atoms with Crippen molar-refractivity contribution in [3.63, 3.8) is 0 Å². The number of nitrogens with zero attached hydrogens (tertiary/aromatic N) is 5. The van der Waals surface area contributed by atoms with Crippen LogP contribution in [0.3, 0.4) is 0 Å². The predicted octanol–water partition coefficient (Wildman–Crippen LogP) is 0.754. The van der Waals surface area contributed by atoms with Gasteiger partial charge >= 0.3 is 0 Å². The number of hydrogen-bond acceptors (Lipinski definition) is 4. The number of aromatic nitrogens is 5. The molecule has 0 unspecified atom stereocenters. The van der Waals surface area contributed by atoms with Gasteiger partial charge in [0.2, 0.25) is 5.91 Å². The number of imidazole rings is 1. The maximum atomic E-state index is 11.8.